The van der Waals surface area contributed by atoms with Crippen molar-refractivity contribution in [2.24, 2.45) is 0 Å². The van der Waals surface area contributed by atoms with Crippen molar-refractivity contribution in [2.75, 3.05) is 17.6 Å². The van der Waals surface area contributed by atoms with Gasteiger partial charge in [-0.2, -0.15) is 13.2 Å². The predicted molar refractivity (Wildman–Crippen MR) is 63.4 cm³/mol. The number of ketones is 1. The van der Waals surface area contributed by atoms with Gasteiger partial charge in [0.2, 0.25) is 0 Å². The molecule has 0 amide bonds. The largest absolute Gasteiger partial charge is 0.441 e. The van der Waals surface area contributed by atoms with E-state index in [1.54, 1.807) is 24.3 Å². The van der Waals surface area contributed by atoms with Crippen molar-refractivity contribution in [3.8, 4) is 0 Å². The molecule has 1 aromatic carbocycles. The van der Waals surface area contributed by atoms with Crippen LogP contribution in [0, 0.1) is 0 Å². The Morgan fingerprint density at radius 1 is 1.29 bits per heavy atom. The molecular weight excluding hydrogens is 251 g/mol. The quantitative estimate of drug-likeness (QED) is 0.650. The van der Waals surface area contributed by atoms with E-state index in [-0.39, 0.29) is 29.8 Å². The van der Waals surface area contributed by atoms with Crippen LogP contribution in [0.25, 0.3) is 0 Å². The normalized spacial score (nSPS) is 11.3. The molecule has 0 spiro atoms. The summed E-state index contributed by atoms with van der Waals surface area (Å²) >= 11 is -0.0558. The summed E-state index contributed by atoms with van der Waals surface area (Å²) in [7, 11) is 0. The summed E-state index contributed by atoms with van der Waals surface area (Å²) in [6.07, 6.45) is 0. The monoisotopic (exact) mass is 263 g/mol. The second-order valence-electron chi connectivity index (χ2n) is 3.35. The minimum atomic E-state index is -4.18. The number of anilines is 1. The minimum Gasteiger partial charge on any atom is -0.384 e. The van der Waals surface area contributed by atoms with Crippen LogP contribution in [0.1, 0.15) is 17.3 Å². The van der Waals surface area contributed by atoms with Crippen molar-refractivity contribution in [1.82, 2.24) is 0 Å². The molecule has 0 aromatic heterocycles. The van der Waals surface area contributed by atoms with Gasteiger partial charge in [-0.05, 0) is 43.0 Å². The van der Waals surface area contributed by atoms with Gasteiger partial charge in [-0.1, -0.05) is 0 Å². The molecule has 0 aliphatic heterocycles. The first-order chi connectivity index (χ1) is 7.88. The molecule has 0 unspecified atom stereocenters. The Balaban J connectivity index is 2.35. The molecule has 1 rings (SSSR count). The van der Waals surface area contributed by atoms with Crippen LogP contribution < -0.4 is 5.32 Å². The highest BCUT2D eigenvalue weighted by atomic mass is 32.2. The lowest BCUT2D eigenvalue weighted by atomic mass is 10.1. The van der Waals surface area contributed by atoms with Gasteiger partial charge in [0, 0.05) is 23.5 Å². The molecule has 0 aliphatic rings. The molecule has 1 aromatic rings. The highest BCUT2D eigenvalue weighted by Crippen LogP contribution is 2.29. The highest BCUT2D eigenvalue weighted by molar-refractivity contribution is 8.00. The molecule has 6 heteroatoms. The zero-order valence-electron chi connectivity index (χ0n) is 9.17. The number of rotatable bonds is 5. The van der Waals surface area contributed by atoms with Gasteiger partial charge in [-0.3, -0.25) is 4.79 Å². The molecule has 2 nitrogen and oxygen atoms in total. The Hall–Kier alpha value is -1.17. The number of alkyl halides is 3. The van der Waals surface area contributed by atoms with Crippen LogP contribution in [0.2, 0.25) is 0 Å². The predicted octanol–water partition coefficient (Wildman–Crippen LogP) is 3.55. The van der Waals surface area contributed by atoms with Gasteiger partial charge < -0.3 is 5.32 Å². The summed E-state index contributed by atoms with van der Waals surface area (Å²) in [5, 5.41) is 2.85. The molecular formula is C11H12F3NOS. The Kier molecular flexibility index (Phi) is 4.86. The third-order valence-electron chi connectivity index (χ3n) is 1.99. The first kappa shape index (κ1) is 13.9. The van der Waals surface area contributed by atoms with E-state index in [0.717, 1.165) is 0 Å². The van der Waals surface area contributed by atoms with Gasteiger partial charge in [0.1, 0.15) is 0 Å². The summed E-state index contributed by atoms with van der Waals surface area (Å²) in [6, 6.07) is 6.63. The van der Waals surface area contributed by atoms with Gasteiger partial charge in [0.25, 0.3) is 0 Å². The molecule has 0 heterocycles. The molecule has 1 N–H and O–H groups in total. The molecule has 0 fully saturated rings. The van der Waals surface area contributed by atoms with E-state index in [0.29, 0.717) is 11.3 Å². The van der Waals surface area contributed by atoms with E-state index in [9.17, 15) is 18.0 Å². The van der Waals surface area contributed by atoms with Crippen molar-refractivity contribution in [3.63, 3.8) is 0 Å². The average Bonchev–Trinajstić information content (AvgIpc) is 2.24. The maximum Gasteiger partial charge on any atom is 0.441 e. The Labute approximate surface area is 102 Å². The van der Waals surface area contributed by atoms with Crippen molar-refractivity contribution in [3.05, 3.63) is 29.8 Å². The van der Waals surface area contributed by atoms with E-state index in [1.165, 1.54) is 6.92 Å². The van der Waals surface area contributed by atoms with Crippen molar-refractivity contribution >= 4 is 23.2 Å². The second-order valence-corrected chi connectivity index (χ2v) is 4.51. The number of carbonyl (C=O) groups excluding carboxylic acids is 1. The number of benzene rings is 1. The number of nitrogens with one attached hydrogen (secondary N) is 1. The zero-order valence-corrected chi connectivity index (χ0v) is 9.99. The molecule has 94 valence electrons. The number of hydrogen-bond donors (Lipinski definition) is 1. The number of hydrogen-bond acceptors (Lipinski definition) is 3. The maximum atomic E-state index is 11.8. The SMILES string of the molecule is CC(=O)c1ccc(NCCSC(F)(F)F)cc1. The van der Waals surface area contributed by atoms with Crippen LogP contribution in [0.15, 0.2) is 24.3 Å². The Morgan fingerprint density at radius 3 is 2.35 bits per heavy atom. The number of Topliss-reactive ketones (excluding diaryl/α,β-unsaturated/α-hetero) is 1. The van der Waals surface area contributed by atoms with Crippen LogP contribution >= 0.6 is 11.8 Å². The molecule has 0 bridgehead atoms. The summed E-state index contributed by atoms with van der Waals surface area (Å²) in [5.41, 5.74) is -2.89. The van der Waals surface area contributed by atoms with Gasteiger partial charge in [0.15, 0.2) is 5.78 Å². The molecule has 0 aliphatic carbocycles. The number of halogens is 3. The fourth-order valence-electron chi connectivity index (χ4n) is 1.18. The lowest BCUT2D eigenvalue weighted by Gasteiger charge is -2.08. The fraction of sp³-hybridized carbons (Fsp3) is 0.364. The van der Waals surface area contributed by atoms with E-state index in [4.69, 9.17) is 0 Å². The van der Waals surface area contributed by atoms with Crippen LogP contribution in [0.3, 0.4) is 0 Å². The minimum absolute atomic E-state index is 0.0378. The van der Waals surface area contributed by atoms with Gasteiger partial charge in [-0.25, -0.2) is 0 Å². The number of carbonyl (C=O) groups is 1. The molecule has 17 heavy (non-hydrogen) atoms. The van der Waals surface area contributed by atoms with E-state index in [1.807, 2.05) is 0 Å². The van der Waals surface area contributed by atoms with Gasteiger partial charge in [-0.15, -0.1) is 0 Å². The molecule has 0 atom stereocenters. The van der Waals surface area contributed by atoms with Crippen LogP contribution in [-0.4, -0.2) is 23.6 Å². The van der Waals surface area contributed by atoms with Crippen molar-refractivity contribution in [2.45, 2.75) is 12.4 Å². The Bertz CT molecular complexity index is 375. The zero-order chi connectivity index (χ0) is 12.9. The third kappa shape index (κ3) is 5.63. The second kappa shape index (κ2) is 5.95. The van der Waals surface area contributed by atoms with Crippen molar-refractivity contribution < 1.29 is 18.0 Å². The number of thioether (sulfide) groups is 1. The van der Waals surface area contributed by atoms with Crippen LogP contribution in [0.4, 0.5) is 18.9 Å². The average molecular weight is 263 g/mol. The van der Waals surface area contributed by atoms with Gasteiger partial charge in [0.05, 0.1) is 0 Å². The van der Waals surface area contributed by atoms with Crippen molar-refractivity contribution in [1.29, 1.82) is 0 Å². The maximum absolute atomic E-state index is 11.8. The Morgan fingerprint density at radius 2 is 1.88 bits per heavy atom. The first-order valence-electron chi connectivity index (χ1n) is 4.94. The molecule has 0 radical (unpaired) electrons. The van der Waals surface area contributed by atoms with Gasteiger partial charge >= 0.3 is 5.51 Å². The first-order valence-corrected chi connectivity index (χ1v) is 5.92. The van der Waals surface area contributed by atoms with E-state index in [2.05, 4.69) is 5.32 Å². The lowest BCUT2D eigenvalue weighted by Crippen LogP contribution is -2.09. The summed E-state index contributed by atoms with van der Waals surface area (Å²) in [6.45, 7) is 1.69. The van der Waals surface area contributed by atoms with Crippen LogP contribution in [0.5, 0.6) is 0 Å². The highest BCUT2D eigenvalue weighted by Gasteiger charge is 2.27. The smallest absolute Gasteiger partial charge is 0.384 e. The van der Waals surface area contributed by atoms with Crippen LogP contribution in [-0.2, 0) is 0 Å². The van der Waals surface area contributed by atoms with E-state index < -0.39 is 5.51 Å². The lowest BCUT2D eigenvalue weighted by molar-refractivity contribution is -0.0327. The standard InChI is InChI=1S/C11H12F3NOS/c1-8(16)9-2-4-10(5-3-9)15-6-7-17-11(12,13)14/h2-5,15H,6-7H2,1H3. The summed E-state index contributed by atoms with van der Waals surface area (Å²) in [5.74, 6) is -0.0815. The summed E-state index contributed by atoms with van der Waals surface area (Å²) < 4.78 is 35.5. The molecule has 0 saturated carbocycles. The third-order valence-corrected chi connectivity index (χ3v) is 2.72. The fourth-order valence-corrected chi connectivity index (χ4v) is 1.62. The molecule has 0 saturated heterocycles. The summed E-state index contributed by atoms with van der Waals surface area (Å²) in [4.78, 5) is 11.0. The topological polar surface area (TPSA) is 29.1 Å². The van der Waals surface area contributed by atoms with E-state index >= 15 is 0 Å².